The van der Waals surface area contributed by atoms with Crippen LogP contribution >= 0.6 is 11.3 Å². The standard InChI is InChI=1S/C17H18N4OS/c1-12-16(23-13(2)20-12)9-17(22)19-10-14-5-3-4-6-15(14)21-8-7-18-11-21/h3-8,11H,9-10H2,1-2H3,(H,19,22). The molecule has 1 amide bonds. The zero-order valence-electron chi connectivity index (χ0n) is 13.1. The van der Waals surface area contributed by atoms with Crippen molar-refractivity contribution in [1.29, 1.82) is 0 Å². The fourth-order valence-electron chi connectivity index (χ4n) is 2.45. The van der Waals surface area contributed by atoms with Crippen molar-refractivity contribution in [2.75, 3.05) is 0 Å². The number of aromatic nitrogens is 3. The molecule has 1 aromatic carbocycles. The van der Waals surface area contributed by atoms with E-state index in [1.807, 2.05) is 48.9 Å². The van der Waals surface area contributed by atoms with E-state index in [1.165, 1.54) is 0 Å². The average Bonchev–Trinajstić information content (AvgIpc) is 3.16. The van der Waals surface area contributed by atoms with Gasteiger partial charge in [-0.3, -0.25) is 4.79 Å². The molecule has 6 heteroatoms. The third-order valence-corrected chi connectivity index (χ3v) is 4.64. The summed E-state index contributed by atoms with van der Waals surface area (Å²) in [7, 11) is 0. The zero-order chi connectivity index (χ0) is 16.2. The van der Waals surface area contributed by atoms with E-state index >= 15 is 0 Å². The number of aryl methyl sites for hydroxylation is 2. The Bertz CT molecular complexity index is 808. The van der Waals surface area contributed by atoms with Gasteiger partial charge in [0.25, 0.3) is 0 Å². The van der Waals surface area contributed by atoms with Gasteiger partial charge in [0.1, 0.15) is 0 Å². The molecule has 0 bridgehead atoms. The van der Waals surface area contributed by atoms with Crippen LogP contribution in [0, 0.1) is 13.8 Å². The number of thiazole rings is 1. The molecule has 0 aliphatic rings. The predicted octanol–water partition coefficient (Wildman–Crippen LogP) is 2.80. The highest BCUT2D eigenvalue weighted by Crippen LogP contribution is 2.18. The molecule has 0 aliphatic carbocycles. The van der Waals surface area contributed by atoms with Gasteiger partial charge < -0.3 is 9.88 Å². The molecule has 2 aromatic heterocycles. The van der Waals surface area contributed by atoms with Crippen molar-refractivity contribution >= 4 is 17.2 Å². The maximum absolute atomic E-state index is 12.2. The molecule has 5 nitrogen and oxygen atoms in total. The third-order valence-electron chi connectivity index (χ3n) is 3.57. The lowest BCUT2D eigenvalue weighted by molar-refractivity contribution is -0.120. The summed E-state index contributed by atoms with van der Waals surface area (Å²) < 4.78 is 1.94. The van der Waals surface area contributed by atoms with Crippen LogP contribution < -0.4 is 5.32 Å². The molecule has 0 aliphatic heterocycles. The first-order valence-corrected chi connectivity index (χ1v) is 8.21. The SMILES string of the molecule is Cc1nc(C)c(CC(=O)NCc2ccccc2-n2ccnc2)s1. The van der Waals surface area contributed by atoms with Crippen LogP contribution in [0.4, 0.5) is 0 Å². The molecule has 0 radical (unpaired) electrons. The Morgan fingerprint density at radius 1 is 1.30 bits per heavy atom. The molecule has 23 heavy (non-hydrogen) atoms. The molecule has 0 spiro atoms. The normalized spacial score (nSPS) is 10.7. The third kappa shape index (κ3) is 3.65. The molecule has 1 N–H and O–H groups in total. The molecule has 118 valence electrons. The molecule has 2 heterocycles. The Kier molecular flexibility index (Phi) is 4.52. The number of benzene rings is 1. The lowest BCUT2D eigenvalue weighted by atomic mass is 10.1. The minimum Gasteiger partial charge on any atom is -0.352 e. The van der Waals surface area contributed by atoms with Crippen molar-refractivity contribution in [2.24, 2.45) is 0 Å². The Labute approximate surface area is 139 Å². The topological polar surface area (TPSA) is 59.8 Å². The van der Waals surface area contributed by atoms with Gasteiger partial charge in [-0.05, 0) is 25.5 Å². The smallest absolute Gasteiger partial charge is 0.225 e. The number of rotatable bonds is 5. The molecule has 0 atom stereocenters. The van der Waals surface area contributed by atoms with Crippen LogP contribution in [-0.4, -0.2) is 20.4 Å². The first kappa shape index (κ1) is 15.4. The van der Waals surface area contributed by atoms with Crippen LogP contribution in [0.1, 0.15) is 21.1 Å². The summed E-state index contributed by atoms with van der Waals surface area (Å²) in [6, 6.07) is 7.97. The quantitative estimate of drug-likeness (QED) is 0.784. The number of hydrogen-bond donors (Lipinski definition) is 1. The highest BCUT2D eigenvalue weighted by Gasteiger charge is 2.11. The lowest BCUT2D eigenvalue weighted by Crippen LogP contribution is -2.25. The van der Waals surface area contributed by atoms with Crippen molar-refractivity contribution in [3.63, 3.8) is 0 Å². The Morgan fingerprint density at radius 3 is 2.83 bits per heavy atom. The number of carbonyl (C=O) groups excluding carboxylic acids is 1. The highest BCUT2D eigenvalue weighted by molar-refractivity contribution is 7.11. The molecular weight excluding hydrogens is 308 g/mol. The molecular formula is C17H18N4OS. The van der Waals surface area contributed by atoms with E-state index in [0.717, 1.165) is 26.8 Å². The van der Waals surface area contributed by atoms with Crippen LogP contribution in [0.3, 0.4) is 0 Å². The Balaban J connectivity index is 1.67. The number of para-hydroxylation sites is 1. The summed E-state index contributed by atoms with van der Waals surface area (Å²) in [5, 5.41) is 3.99. The summed E-state index contributed by atoms with van der Waals surface area (Å²) in [6.45, 7) is 4.39. The van der Waals surface area contributed by atoms with Crippen molar-refractivity contribution < 1.29 is 4.79 Å². The van der Waals surface area contributed by atoms with Gasteiger partial charge in [0.15, 0.2) is 0 Å². The highest BCUT2D eigenvalue weighted by atomic mass is 32.1. The monoisotopic (exact) mass is 326 g/mol. The van der Waals surface area contributed by atoms with Gasteiger partial charge in [-0.1, -0.05) is 18.2 Å². The Hall–Kier alpha value is -2.47. The summed E-state index contributed by atoms with van der Waals surface area (Å²) in [5.74, 6) is 0.0113. The van der Waals surface area contributed by atoms with E-state index in [0.29, 0.717) is 13.0 Å². The Morgan fingerprint density at radius 2 is 2.13 bits per heavy atom. The zero-order valence-corrected chi connectivity index (χ0v) is 13.9. The summed E-state index contributed by atoms with van der Waals surface area (Å²) in [6.07, 6.45) is 5.77. The number of hydrogen-bond acceptors (Lipinski definition) is 4. The maximum Gasteiger partial charge on any atom is 0.225 e. The minimum atomic E-state index is 0.0113. The van der Waals surface area contributed by atoms with E-state index in [-0.39, 0.29) is 5.91 Å². The van der Waals surface area contributed by atoms with Crippen molar-refractivity contribution in [2.45, 2.75) is 26.8 Å². The van der Waals surface area contributed by atoms with Gasteiger partial charge in [-0.2, -0.15) is 0 Å². The van der Waals surface area contributed by atoms with Crippen molar-refractivity contribution in [1.82, 2.24) is 19.9 Å². The van der Waals surface area contributed by atoms with Gasteiger partial charge in [-0.25, -0.2) is 9.97 Å². The summed E-state index contributed by atoms with van der Waals surface area (Å²) >= 11 is 1.58. The second-order valence-electron chi connectivity index (χ2n) is 5.29. The van der Waals surface area contributed by atoms with Crippen molar-refractivity contribution in [3.05, 3.63) is 64.1 Å². The number of carbonyl (C=O) groups is 1. The fourth-order valence-corrected chi connectivity index (χ4v) is 3.39. The van der Waals surface area contributed by atoms with Gasteiger partial charge >= 0.3 is 0 Å². The van der Waals surface area contributed by atoms with Gasteiger partial charge in [0.05, 0.1) is 29.1 Å². The second kappa shape index (κ2) is 6.75. The molecule has 0 saturated carbocycles. The van der Waals surface area contributed by atoms with E-state index in [1.54, 1.807) is 23.9 Å². The van der Waals surface area contributed by atoms with Crippen LogP contribution in [0.2, 0.25) is 0 Å². The number of nitrogens with one attached hydrogen (secondary N) is 1. The van der Waals surface area contributed by atoms with Crippen LogP contribution in [0.5, 0.6) is 0 Å². The predicted molar refractivity (Wildman–Crippen MR) is 90.7 cm³/mol. The van der Waals surface area contributed by atoms with E-state index in [2.05, 4.69) is 15.3 Å². The summed E-state index contributed by atoms with van der Waals surface area (Å²) in [4.78, 5) is 21.7. The van der Waals surface area contributed by atoms with Crippen LogP contribution in [0.25, 0.3) is 5.69 Å². The fraction of sp³-hybridized carbons (Fsp3) is 0.235. The minimum absolute atomic E-state index is 0.0113. The van der Waals surface area contributed by atoms with Gasteiger partial charge in [0.2, 0.25) is 5.91 Å². The number of amides is 1. The number of nitrogens with zero attached hydrogens (tertiary/aromatic N) is 3. The first-order valence-electron chi connectivity index (χ1n) is 7.39. The van der Waals surface area contributed by atoms with Crippen LogP contribution in [0.15, 0.2) is 43.0 Å². The van der Waals surface area contributed by atoms with E-state index in [4.69, 9.17) is 0 Å². The van der Waals surface area contributed by atoms with Gasteiger partial charge in [-0.15, -0.1) is 11.3 Å². The number of imidazole rings is 1. The average molecular weight is 326 g/mol. The second-order valence-corrected chi connectivity index (χ2v) is 6.58. The van der Waals surface area contributed by atoms with Crippen molar-refractivity contribution in [3.8, 4) is 5.69 Å². The lowest BCUT2D eigenvalue weighted by Gasteiger charge is -2.11. The maximum atomic E-state index is 12.2. The molecule has 0 unspecified atom stereocenters. The van der Waals surface area contributed by atoms with Crippen LogP contribution in [-0.2, 0) is 17.8 Å². The largest absolute Gasteiger partial charge is 0.352 e. The first-order chi connectivity index (χ1) is 11.1. The molecule has 0 saturated heterocycles. The van der Waals surface area contributed by atoms with E-state index < -0.39 is 0 Å². The molecule has 3 aromatic rings. The summed E-state index contributed by atoms with van der Waals surface area (Å²) in [5.41, 5.74) is 3.02. The van der Waals surface area contributed by atoms with Gasteiger partial charge in [0, 0.05) is 23.8 Å². The molecule has 3 rings (SSSR count). The van der Waals surface area contributed by atoms with E-state index in [9.17, 15) is 4.79 Å². The molecule has 0 fully saturated rings.